The number of allylic oxidation sites excluding steroid dienone is 12. The van der Waals surface area contributed by atoms with Crippen molar-refractivity contribution >= 4 is 11.9 Å². The highest BCUT2D eigenvalue weighted by Crippen LogP contribution is 2.11. The van der Waals surface area contributed by atoms with E-state index in [1.165, 1.54) is 64.2 Å². The molecule has 0 heterocycles. The highest BCUT2D eigenvalue weighted by Gasteiger charge is 2.12. The Balaban J connectivity index is 3.54. The third-order valence-corrected chi connectivity index (χ3v) is 7.93. The van der Waals surface area contributed by atoms with E-state index in [-0.39, 0.29) is 25.2 Å². The summed E-state index contributed by atoms with van der Waals surface area (Å²) in [5.74, 6) is -0.612. The molecular formula is C43H72O5. The lowest BCUT2D eigenvalue weighted by molar-refractivity contribution is -0.152. The first-order valence-electron chi connectivity index (χ1n) is 19.5. The number of aliphatic hydroxyl groups excluding tert-OH is 1. The third-order valence-electron chi connectivity index (χ3n) is 7.93. The summed E-state index contributed by atoms with van der Waals surface area (Å²) in [4.78, 5) is 23.9. The Labute approximate surface area is 295 Å². The number of rotatable bonds is 34. The van der Waals surface area contributed by atoms with Gasteiger partial charge in [-0.15, -0.1) is 0 Å². The van der Waals surface area contributed by atoms with Gasteiger partial charge in [-0.05, 0) is 83.5 Å². The summed E-state index contributed by atoms with van der Waals surface area (Å²) in [5.41, 5.74) is 0. The van der Waals surface area contributed by atoms with Crippen LogP contribution in [-0.4, -0.2) is 36.4 Å². The number of ether oxygens (including phenoxy) is 2. The molecule has 5 nitrogen and oxygen atoms in total. The third kappa shape index (κ3) is 37.8. The monoisotopic (exact) mass is 669 g/mol. The molecule has 0 aromatic rings. The first-order chi connectivity index (χ1) is 23.6. The molecule has 0 unspecified atom stereocenters. The Morgan fingerprint density at radius 3 is 1.23 bits per heavy atom. The molecule has 0 aliphatic heterocycles. The molecule has 0 aliphatic carbocycles. The second-order valence-corrected chi connectivity index (χ2v) is 12.7. The van der Waals surface area contributed by atoms with E-state index in [2.05, 4.69) is 86.8 Å². The number of esters is 2. The zero-order valence-electron chi connectivity index (χ0n) is 31.0. The number of hydrogen-bond acceptors (Lipinski definition) is 5. The van der Waals surface area contributed by atoms with Crippen LogP contribution in [0.1, 0.15) is 168 Å². The number of hydrogen-bond donors (Lipinski definition) is 1. The van der Waals surface area contributed by atoms with Crippen molar-refractivity contribution in [2.45, 2.75) is 174 Å². The van der Waals surface area contributed by atoms with E-state index in [4.69, 9.17) is 9.47 Å². The van der Waals surface area contributed by atoms with Gasteiger partial charge in [-0.3, -0.25) is 9.59 Å². The van der Waals surface area contributed by atoms with Crippen LogP contribution in [0.3, 0.4) is 0 Å². The molecule has 0 saturated heterocycles. The zero-order chi connectivity index (χ0) is 35.0. The van der Waals surface area contributed by atoms with Gasteiger partial charge in [0, 0.05) is 12.8 Å². The number of aliphatic hydroxyl groups is 1. The van der Waals surface area contributed by atoms with Crippen LogP contribution in [0.4, 0.5) is 0 Å². The fourth-order valence-electron chi connectivity index (χ4n) is 4.99. The quantitative estimate of drug-likeness (QED) is 0.0420. The van der Waals surface area contributed by atoms with Crippen LogP contribution in [0.5, 0.6) is 0 Å². The maximum absolute atomic E-state index is 12.0. The van der Waals surface area contributed by atoms with Crippen molar-refractivity contribution < 1.29 is 24.2 Å². The minimum Gasteiger partial charge on any atom is -0.463 e. The average molecular weight is 669 g/mol. The number of carbonyl (C=O) groups excluding carboxylic acids is 2. The average Bonchev–Trinajstić information content (AvgIpc) is 3.09. The molecule has 274 valence electrons. The van der Waals surface area contributed by atoms with Crippen molar-refractivity contribution in [3.63, 3.8) is 0 Å². The normalized spacial score (nSPS) is 13.0. The minimum absolute atomic E-state index is 0.132. The highest BCUT2D eigenvalue weighted by atomic mass is 16.6. The molecule has 5 heteroatoms. The van der Waals surface area contributed by atoms with Gasteiger partial charge in [0.25, 0.3) is 0 Å². The van der Waals surface area contributed by atoms with Crippen molar-refractivity contribution in [3.8, 4) is 0 Å². The van der Waals surface area contributed by atoms with Crippen molar-refractivity contribution in [2.24, 2.45) is 0 Å². The second-order valence-electron chi connectivity index (χ2n) is 12.7. The molecule has 0 aromatic carbocycles. The van der Waals surface area contributed by atoms with Crippen LogP contribution < -0.4 is 0 Å². The molecule has 0 bridgehead atoms. The van der Waals surface area contributed by atoms with E-state index in [0.29, 0.717) is 12.8 Å². The van der Waals surface area contributed by atoms with Gasteiger partial charge >= 0.3 is 11.9 Å². The summed E-state index contributed by atoms with van der Waals surface area (Å²) in [6.07, 6.45) is 50.9. The van der Waals surface area contributed by atoms with Crippen LogP contribution in [0.2, 0.25) is 0 Å². The molecule has 0 radical (unpaired) electrons. The zero-order valence-corrected chi connectivity index (χ0v) is 31.0. The summed E-state index contributed by atoms with van der Waals surface area (Å²) in [6, 6.07) is 0. The first-order valence-corrected chi connectivity index (χ1v) is 19.5. The Morgan fingerprint density at radius 2 is 0.792 bits per heavy atom. The van der Waals surface area contributed by atoms with E-state index >= 15 is 0 Å². The van der Waals surface area contributed by atoms with Crippen LogP contribution in [0, 0.1) is 0 Å². The Kier molecular flexibility index (Phi) is 36.6. The van der Waals surface area contributed by atoms with Gasteiger partial charge in [-0.1, -0.05) is 145 Å². The SMILES string of the molecule is CC/C=C\C/C=C\C/C=C\C/C=C\C/C=C\CCCCCC(=O)OC[C@H](O)COC(=O)CCCCCCCCC/C=C\CCCCCC. The summed E-state index contributed by atoms with van der Waals surface area (Å²) < 4.78 is 10.3. The van der Waals surface area contributed by atoms with E-state index in [9.17, 15) is 14.7 Å². The van der Waals surface area contributed by atoms with Gasteiger partial charge in [0.1, 0.15) is 19.3 Å². The first kappa shape index (κ1) is 45.3. The topological polar surface area (TPSA) is 72.8 Å². The van der Waals surface area contributed by atoms with E-state index in [1.54, 1.807) is 0 Å². The molecule has 1 N–H and O–H groups in total. The smallest absolute Gasteiger partial charge is 0.305 e. The van der Waals surface area contributed by atoms with E-state index in [1.807, 2.05) is 0 Å². The van der Waals surface area contributed by atoms with E-state index in [0.717, 1.165) is 77.0 Å². The fourth-order valence-corrected chi connectivity index (χ4v) is 4.99. The standard InChI is InChI=1S/C43H72O5/c1-3-5-7-9-11-13-15-17-19-20-21-22-24-26-28-30-32-34-36-38-43(46)48-40-41(44)39-47-42(45)37-35-33-31-29-27-25-23-18-16-14-12-10-8-6-4-2/h5,7,11,13-14,16-17,19,21-22,26,28,41,44H,3-4,6,8-10,12,15,18,20,23-25,27,29-40H2,1-2H3/b7-5-,13-11-,16-14-,19-17-,22-21-,28-26-/t41-/m1/s1. The number of unbranched alkanes of at least 4 members (excludes halogenated alkanes) is 14. The van der Waals surface area contributed by atoms with Gasteiger partial charge in [-0.2, -0.15) is 0 Å². The van der Waals surface area contributed by atoms with Crippen LogP contribution in [-0.2, 0) is 19.1 Å². The Morgan fingerprint density at radius 1 is 0.458 bits per heavy atom. The molecule has 48 heavy (non-hydrogen) atoms. The molecule has 0 aromatic heterocycles. The number of carbonyl (C=O) groups is 2. The summed E-state index contributed by atoms with van der Waals surface area (Å²) >= 11 is 0. The van der Waals surface area contributed by atoms with Gasteiger partial charge in [0.15, 0.2) is 0 Å². The summed E-state index contributed by atoms with van der Waals surface area (Å²) in [5, 5.41) is 10.0. The maximum Gasteiger partial charge on any atom is 0.305 e. The highest BCUT2D eigenvalue weighted by molar-refractivity contribution is 5.69. The van der Waals surface area contributed by atoms with E-state index < -0.39 is 6.10 Å². The van der Waals surface area contributed by atoms with Gasteiger partial charge in [0.2, 0.25) is 0 Å². The lowest BCUT2D eigenvalue weighted by atomic mass is 10.1. The fraction of sp³-hybridized carbons (Fsp3) is 0.674. The molecular weight excluding hydrogens is 596 g/mol. The lowest BCUT2D eigenvalue weighted by Crippen LogP contribution is -2.25. The van der Waals surface area contributed by atoms with Crippen molar-refractivity contribution in [2.75, 3.05) is 13.2 Å². The van der Waals surface area contributed by atoms with Crippen LogP contribution in [0.25, 0.3) is 0 Å². The molecule has 0 saturated carbocycles. The van der Waals surface area contributed by atoms with Crippen molar-refractivity contribution in [3.05, 3.63) is 72.9 Å². The molecule has 0 rings (SSSR count). The summed E-state index contributed by atoms with van der Waals surface area (Å²) in [6.45, 7) is 4.13. The minimum atomic E-state index is -0.982. The predicted octanol–water partition coefficient (Wildman–Crippen LogP) is 12.2. The second kappa shape index (κ2) is 38.8. The predicted molar refractivity (Wildman–Crippen MR) is 205 cm³/mol. The molecule has 0 amide bonds. The van der Waals surface area contributed by atoms with Gasteiger partial charge in [-0.25, -0.2) is 0 Å². The Bertz CT molecular complexity index is 895. The van der Waals surface area contributed by atoms with Crippen LogP contribution >= 0.6 is 0 Å². The lowest BCUT2D eigenvalue weighted by Gasteiger charge is -2.12. The summed E-state index contributed by atoms with van der Waals surface area (Å²) in [7, 11) is 0. The van der Waals surface area contributed by atoms with Crippen molar-refractivity contribution in [1.29, 1.82) is 0 Å². The molecule has 0 spiro atoms. The van der Waals surface area contributed by atoms with Crippen LogP contribution in [0.15, 0.2) is 72.9 Å². The van der Waals surface area contributed by atoms with Crippen molar-refractivity contribution in [1.82, 2.24) is 0 Å². The van der Waals surface area contributed by atoms with Gasteiger partial charge in [0.05, 0.1) is 0 Å². The Hall–Kier alpha value is -2.66. The molecule has 0 fully saturated rings. The largest absolute Gasteiger partial charge is 0.463 e. The molecule has 0 aliphatic rings. The van der Waals surface area contributed by atoms with Gasteiger partial charge < -0.3 is 14.6 Å². The maximum atomic E-state index is 12.0. The molecule has 1 atom stereocenters.